The lowest BCUT2D eigenvalue weighted by atomic mass is 10.1. The maximum absolute atomic E-state index is 2.40. The fourth-order valence-corrected chi connectivity index (χ4v) is 2.19. The third kappa shape index (κ3) is 2.99. The standard InChI is InChI=1S/C15H19N/c1-13-10-14(2)12-16(11-13)9-8-15-6-4-3-5-7-15/h3-7,10-11H,8-9,12H2,1-2H3. The minimum atomic E-state index is 1.07. The van der Waals surface area contributed by atoms with Crippen LogP contribution >= 0.6 is 0 Å². The van der Waals surface area contributed by atoms with Crippen LogP contribution in [0.2, 0.25) is 0 Å². The molecule has 0 saturated heterocycles. The molecule has 1 aliphatic rings. The van der Waals surface area contributed by atoms with Gasteiger partial charge in [0.05, 0.1) is 0 Å². The van der Waals surface area contributed by atoms with E-state index in [0.29, 0.717) is 0 Å². The monoisotopic (exact) mass is 213 g/mol. The van der Waals surface area contributed by atoms with E-state index >= 15 is 0 Å². The Morgan fingerprint density at radius 2 is 1.88 bits per heavy atom. The molecule has 0 amide bonds. The second kappa shape index (κ2) is 5.02. The summed E-state index contributed by atoms with van der Waals surface area (Å²) in [6, 6.07) is 10.7. The van der Waals surface area contributed by atoms with Crippen molar-refractivity contribution in [1.82, 2.24) is 4.90 Å². The van der Waals surface area contributed by atoms with Crippen LogP contribution in [0, 0.1) is 0 Å². The van der Waals surface area contributed by atoms with E-state index in [1.807, 2.05) is 0 Å². The Bertz CT molecular complexity index is 401. The molecule has 1 aromatic carbocycles. The highest BCUT2D eigenvalue weighted by Gasteiger charge is 2.06. The second-order valence-electron chi connectivity index (χ2n) is 4.57. The fraction of sp³-hybridized carbons (Fsp3) is 0.333. The molecular weight excluding hydrogens is 194 g/mol. The molecule has 0 bridgehead atoms. The maximum atomic E-state index is 2.40. The Balaban J connectivity index is 1.90. The van der Waals surface area contributed by atoms with Crippen molar-refractivity contribution in [3.05, 3.63) is 59.3 Å². The van der Waals surface area contributed by atoms with Crippen molar-refractivity contribution in [2.75, 3.05) is 13.1 Å². The maximum Gasteiger partial charge on any atom is 0.0384 e. The van der Waals surface area contributed by atoms with Crippen molar-refractivity contribution >= 4 is 0 Å². The number of rotatable bonds is 3. The van der Waals surface area contributed by atoms with Crippen molar-refractivity contribution in [3.63, 3.8) is 0 Å². The van der Waals surface area contributed by atoms with E-state index in [1.165, 1.54) is 16.7 Å². The second-order valence-corrected chi connectivity index (χ2v) is 4.57. The average molecular weight is 213 g/mol. The summed E-state index contributed by atoms with van der Waals surface area (Å²) in [6.45, 7) is 6.54. The van der Waals surface area contributed by atoms with Crippen LogP contribution < -0.4 is 0 Å². The highest BCUT2D eigenvalue weighted by molar-refractivity contribution is 5.25. The molecule has 0 atom stereocenters. The van der Waals surface area contributed by atoms with Gasteiger partial charge < -0.3 is 4.90 Å². The Kier molecular flexibility index (Phi) is 3.45. The Labute approximate surface area is 98.1 Å². The van der Waals surface area contributed by atoms with Crippen LogP contribution in [0.1, 0.15) is 19.4 Å². The zero-order valence-corrected chi connectivity index (χ0v) is 10.1. The summed E-state index contributed by atoms with van der Waals surface area (Å²) in [5.74, 6) is 0. The summed E-state index contributed by atoms with van der Waals surface area (Å²) < 4.78 is 0. The normalized spacial score (nSPS) is 15.8. The van der Waals surface area contributed by atoms with Crippen molar-refractivity contribution in [1.29, 1.82) is 0 Å². The van der Waals surface area contributed by atoms with Crippen LogP contribution in [-0.4, -0.2) is 18.0 Å². The fourth-order valence-electron chi connectivity index (χ4n) is 2.19. The molecular formula is C15H19N. The minimum absolute atomic E-state index is 1.07. The van der Waals surface area contributed by atoms with Gasteiger partial charge in [-0.05, 0) is 31.4 Å². The average Bonchev–Trinajstić information content (AvgIpc) is 2.27. The molecule has 0 spiro atoms. The molecule has 0 unspecified atom stereocenters. The van der Waals surface area contributed by atoms with E-state index in [2.05, 4.69) is 61.4 Å². The third-order valence-electron chi connectivity index (χ3n) is 2.84. The van der Waals surface area contributed by atoms with Gasteiger partial charge in [-0.25, -0.2) is 0 Å². The van der Waals surface area contributed by atoms with Gasteiger partial charge in [0.25, 0.3) is 0 Å². The van der Waals surface area contributed by atoms with E-state index in [9.17, 15) is 0 Å². The number of allylic oxidation sites excluding steroid dienone is 2. The topological polar surface area (TPSA) is 3.24 Å². The Morgan fingerprint density at radius 3 is 2.56 bits per heavy atom. The Morgan fingerprint density at radius 1 is 1.12 bits per heavy atom. The van der Waals surface area contributed by atoms with Gasteiger partial charge in [-0.2, -0.15) is 0 Å². The first-order valence-electron chi connectivity index (χ1n) is 5.87. The minimum Gasteiger partial charge on any atom is -0.373 e. The van der Waals surface area contributed by atoms with Crippen molar-refractivity contribution < 1.29 is 0 Å². The molecule has 0 aromatic heterocycles. The highest BCUT2D eigenvalue weighted by atomic mass is 15.1. The first kappa shape index (κ1) is 11.0. The van der Waals surface area contributed by atoms with Crippen LogP contribution in [0.5, 0.6) is 0 Å². The predicted molar refractivity (Wildman–Crippen MR) is 69.2 cm³/mol. The third-order valence-corrected chi connectivity index (χ3v) is 2.84. The van der Waals surface area contributed by atoms with Gasteiger partial charge in [0, 0.05) is 19.3 Å². The molecule has 16 heavy (non-hydrogen) atoms. The van der Waals surface area contributed by atoms with Crippen LogP contribution in [0.3, 0.4) is 0 Å². The Hall–Kier alpha value is -1.50. The summed E-state index contributed by atoms with van der Waals surface area (Å²) in [5.41, 5.74) is 4.23. The lowest BCUT2D eigenvalue weighted by Gasteiger charge is -2.25. The molecule has 84 valence electrons. The highest BCUT2D eigenvalue weighted by Crippen LogP contribution is 2.13. The summed E-state index contributed by atoms with van der Waals surface area (Å²) in [6.07, 6.45) is 5.65. The predicted octanol–water partition coefficient (Wildman–Crippen LogP) is 3.39. The SMILES string of the molecule is CC1=CN(CCc2ccccc2)CC(C)=C1. The molecule has 0 fully saturated rings. The van der Waals surface area contributed by atoms with Crippen LogP contribution in [0.4, 0.5) is 0 Å². The lowest BCUT2D eigenvalue weighted by molar-refractivity contribution is 0.403. The first-order valence-corrected chi connectivity index (χ1v) is 5.87. The zero-order chi connectivity index (χ0) is 11.4. The van der Waals surface area contributed by atoms with E-state index in [4.69, 9.17) is 0 Å². The van der Waals surface area contributed by atoms with Crippen LogP contribution in [0.25, 0.3) is 0 Å². The van der Waals surface area contributed by atoms with E-state index in [1.54, 1.807) is 0 Å². The smallest absolute Gasteiger partial charge is 0.0384 e. The molecule has 1 aliphatic heterocycles. The molecule has 0 saturated carbocycles. The molecule has 1 heteroatoms. The van der Waals surface area contributed by atoms with Gasteiger partial charge in [0.15, 0.2) is 0 Å². The van der Waals surface area contributed by atoms with Gasteiger partial charge in [-0.15, -0.1) is 0 Å². The number of hydrogen-bond acceptors (Lipinski definition) is 1. The molecule has 1 nitrogen and oxygen atoms in total. The number of benzene rings is 1. The summed E-state index contributed by atoms with van der Waals surface area (Å²) in [5, 5.41) is 0. The molecule has 1 heterocycles. The first-order chi connectivity index (χ1) is 7.74. The summed E-state index contributed by atoms with van der Waals surface area (Å²) >= 11 is 0. The molecule has 1 aromatic rings. The van der Waals surface area contributed by atoms with Gasteiger partial charge in [0.1, 0.15) is 0 Å². The van der Waals surface area contributed by atoms with Crippen molar-refractivity contribution in [2.24, 2.45) is 0 Å². The molecule has 0 N–H and O–H groups in total. The quantitative estimate of drug-likeness (QED) is 0.744. The zero-order valence-electron chi connectivity index (χ0n) is 10.1. The van der Waals surface area contributed by atoms with E-state index in [0.717, 1.165) is 19.5 Å². The number of nitrogens with zero attached hydrogens (tertiary/aromatic N) is 1. The van der Waals surface area contributed by atoms with Gasteiger partial charge in [0.2, 0.25) is 0 Å². The van der Waals surface area contributed by atoms with Gasteiger partial charge in [-0.1, -0.05) is 42.0 Å². The van der Waals surface area contributed by atoms with Gasteiger partial charge in [-0.3, -0.25) is 0 Å². The lowest BCUT2D eigenvalue weighted by Crippen LogP contribution is -2.24. The van der Waals surface area contributed by atoms with Crippen molar-refractivity contribution in [2.45, 2.75) is 20.3 Å². The number of hydrogen-bond donors (Lipinski definition) is 0. The van der Waals surface area contributed by atoms with Gasteiger partial charge >= 0.3 is 0 Å². The van der Waals surface area contributed by atoms with Crippen LogP contribution in [0.15, 0.2) is 53.8 Å². The van der Waals surface area contributed by atoms with E-state index < -0.39 is 0 Å². The largest absolute Gasteiger partial charge is 0.373 e. The van der Waals surface area contributed by atoms with Crippen molar-refractivity contribution in [3.8, 4) is 0 Å². The van der Waals surface area contributed by atoms with Crippen LogP contribution in [-0.2, 0) is 6.42 Å². The summed E-state index contributed by atoms with van der Waals surface area (Å²) in [7, 11) is 0. The van der Waals surface area contributed by atoms with E-state index in [-0.39, 0.29) is 0 Å². The molecule has 2 rings (SSSR count). The molecule has 0 aliphatic carbocycles. The summed E-state index contributed by atoms with van der Waals surface area (Å²) in [4.78, 5) is 2.40. The molecule has 0 radical (unpaired) electrons.